The number of nitrogens with one attached hydrogen (secondary N) is 1. The molecule has 0 spiro atoms. The van der Waals surface area contributed by atoms with Crippen LogP contribution in [-0.4, -0.2) is 49.7 Å². The summed E-state index contributed by atoms with van der Waals surface area (Å²) in [6.07, 6.45) is 3.63. The molecule has 1 amide bonds. The van der Waals surface area contributed by atoms with Crippen LogP contribution in [0.3, 0.4) is 0 Å². The first-order valence-electron chi connectivity index (χ1n) is 9.72. The lowest BCUT2D eigenvalue weighted by atomic mass is 9.95. The van der Waals surface area contributed by atoms with Crippen molar-refractivity contribution in [3.63, 3.8) is 0 Å². The van der Waals surface area contributed by atoms with E-state index < -0.39 is 9.84 Å². The Kier molecular flexibility index (Phi) is 5.88. The van der Waals surface area contributed by atoms with Gasteiger partial charge in [0.15, 0.2) is 9.84 Å². The van der Waals surface area contributed by atoms with Crippen molar-refractivity contribution in [3.05, 3.63) is 23.9 Å². The maximum atomic E-state index is 12.4. The van der Waals surface area contributed by atoms with Crippen LogP contribution in [0.2, 0.25) is 0 Å². The van der Waals surface area contributed by atoms with Crippen molar-refractivity contribution in [2.24, 2.45) is 5.92 Å². The predicted molar refractivity (Wildman–Crippen MR) is 110 cm³/mol. The van der Waals surface area contributed by atoms with E-state index in [0.717, 1.165) is 30.3 Å². The van der Waals surface area contributed by atoms with Crippen LogP contribution in [0, 0.1) is 12.8 Å². The van der Waals surface area contributed by atoms with Gasteiger partial charge in [0.2, 0.25) is 11.9 Å². The van der Waals surface area contributed by atoms with Gasteiger partial charge in [0.05, 0.1) is 16.1 Å². The molecule has 3 rings (SSSR count). The molecule has 8 heteroatoms. The van der Waals surface area contributed by atoms with Gasteiger partial charge in [0.25, 0.3) is 0 Å². The third kappa shape index (κ3) is 4.43. The van der Waals surface area contributed by atoms with Crippen LogP contribution >= 0.6 is 0 Å². The molecule has 28 heavy (non-hydrogen) atoms. The number of anilines is 1. The fourth-order valence-corrected chi connectivity index (χ4v) is 4.07. The number of benzene rings is 1. The van der Waals surface area contributed by atoms with Crippen molar-refractivity contribution in [2.75, 3.05) is 24.2 Å². The molecule has 0 bridgehead atoms. The Morgan fingerprint density at radius 3 is 2.57 bits per heavy atom. The Bertz CT molecular complexity index is 982. The minimum atomic E-state index is -3.29. The fraction of sp³-hybridized carbons (Fsp3) is 0.550. The van der Waals surface area contributed by atoms with Crippen molar-refractivity contribution in [2.45, 2.75) is 51.0 Å². The van der Waals surface area contributed by atoms with Gasteiger partial charge in [-0.3, -0.25) is 4.79 Å². The maximum absolute atomic E-state index is 12.4. The van der Waals surface area contributed by atoms with Gasteiger partial charge in [-0.15, -0.1) is 0 Å². The van der Waals surface area contributed by atoms with Crippen LogP contribution in [0.1, 0.15) is 38.8 Å². The number of aromatic nitrogens is 2. The van der Waals surface area contributed by atoms with Gasteiger partial charge in [-0.05, 0) is 51.3 Å². The number of rotatable bonds is 5. The SMILES string of the molecule is CCC(C)NC(=O)C1CCN(c2nc(C)c3ccc(S(C)(=O)=O)cc3n2)CC1. The molecule has 0 saturated carbocycles. The van der Waals surface area contributed by atoms with Crippen molar-refractivity contribution in [3.8, 4) is 0 Å². The first-order valence-corrected chi connectivity index (χ1v) is 11.6. The highest BCUT2D eigenvalue weighted by molar-refractivity contribution is 7.90. The largest absolute Gasteiger partial charge is 0.353 e. The molecule has 1 N–H and O–H groups in total. The Balaban J connectivity index is 1.78. The normalized spacial score (nSPS) is 16.9. The molecule has 1 aromatic heterocycles. The molecule has 1 aliphatic rings. The minimum Gasteiger partial charge on any atom is -0.353 e. The number of piperidine rings is 1. The lowest BCUT2D eigenvalue weighted by Gasteiger charge is -2.32. The molecular formula is C20H28N4O3S. The number of amides is 1. The van der Waals surface area contributed by atoms with Gasteiger partial charge in [-0.25, -0.2) is 18.4 Å². The summed E-state index contributed by atoms with van der Waals surface area (Å²) in [6.45, 7) is 7.39. The molecular weight excluding hydrogens is 376 g/mol. The van der Waals surface area contributed by atoms with Gasteiger partial charge >= 0.3 is 0 Å². The molecule has 1 atom stereocenters. The first kappa shape index (κ1) is 20.5. The van der Waals surface area contributed by atoms with E-state index >= 15 is 0 Å². The Morgan fingerprint density at radius 1 is 1.29 bits per heavy atom. The Hall–Kier alpha value is -2.22. The summed E-state index contributed by atoms with van der Waals surface area (Å²) in [5.74, 6) is 0.738. The van der Waals surface area contributed by atoms with Gasteiger partial charge in [0, 0.05) is 36.7 Å². The van der Waals surface area contributed by atoms with Gasteiger partial charge in [-0.2, -0.15) is 0 Å². The number of carbonyl (C=O) groups excluding carboxylic acids is 1. The van der Waals surface area contributed by atoms with Gasteiger partial charge in [-0.1, -0.05) is 6.92 Å². The topological polar surface area (TPSA) is 92.3 Å². The molecule has 1 saturated heterocycles. The number of sulfone groups is 1. The molecule has 1 aliphatic heterocycles. The van der Waals surface area contributed by atoms with E-state index in [1.165, 1.54) is 6.26 Å². The number of aryl methyl sites for hydroxylation is 1. The monoisotopic (exact) mass is 404 g/mol. The number of carbonyl (C=O) groups is 1. The molecule has 1 aromatic carbocycles. The van der Waals surface area contributed by atoms with E-state index in [9.17, 15) is 13.2 Å². The fourth-order valence-electron chi connectivity index (χ4n) is 3.43. The van der Waals surface area contributed by atoms with Crippen LogP contribution < -0.4 is 10.2 Å². The molecule has 1 unspecified atom stereocenters. The van der Waals surface area contributed by atoms with E-state index in [1.54, 1.807) is 18.2 Å². The maximum Gasteiger partial charge on any atom is 0.226 e. The lowest BCUT2D eigenvalue weighted by Crippen LogP contribution is -2.43. The predicted octanol–water partition coefficient (Wildman–Crippen LogP) is 2.47. The number of fused-ring (bicyclic) bond motifs is 1. The smallest absolute Gasteiger partial charge is 0.226 e. The molecule has 0 aliphatic carbocycles. The van der Waals surface area contributed by atoms with E-state index in [-0.39, 0.29) is 22.8 Å². The highest BCUT2D eigenvalue weighted by atomic mass is 32.2. The van der Waals surface area contributed by atoms with E-state index in [4.69, 9.17) is 0 Å². The van der Waals surface area contributed by atoms with Gasteiger partial charge < -0.3 is 10.2 Å². The molecule has 152 valence electrons. The second-order valence-electron chi connectivity index (χ2n) is 7.64. The second kappa shape index (κ2) is 8.03. The van der Waals surface area contributed by atoms with E-state index in [1.807, 2.05) is 13.8 Å². The van der Waals surface area contributed by atoms with Crippen molar-refractivity contribution < 1.29 is 13.2 Å². The van der Waals surface area contributed by atoms with Crippen LogP contribution in [0.25, 0.3) is 10.9 Å². The summed E-state index contributed by atoms with van der Waals surface area (Å²) in [5, 5.41) is 3.91. The summed E-state index contributed by atoms with van der Waals surface area (Å²) in [7, 11) is -3.29. The lowest BCUT2D eigenvalue weighted by molar-refractivity contribution is -0.126. The quantitative estimate of drug-likeness (QED) is 0.823. The van der Waals surface area contributed by atoms with Crippen molar-refractivity contribution >= 4 is 32.6 Å². The average Bonchev–Trinajstić information content (AvgIpc) is 2.66. The summed E-state index contributed by atoms with van der Waals surface area (Å²) >= 11 is 0. The van der Waals surface area contributed by atoms with Crippen LogP contribution in [0.15, 0.2) is 23.1 Å². The first-order chi connectivity index (χ1) is 13.2. The number of hydrogen-bond acceptors (Lipinski definition) is 6. The van der Waals surface area contributed by atoms with Crippen LogP contribution in [0.4, 0.5) is 5.95 Å². The Labute approximate surface area is 166 Å². The molecule has 2 aromatic rings. The average molecular weight is 405 g/mol. The van der Waals surface area contributed by atoms with E-state index in [0.29, 0.717) is 24.6 Å². The number of nitrogens with zero attached hydrogens (tertiary/aromatic N) is 3. The summed E-state index contributed by atoms with van der Waals surface area (Å²) in [5.41, 5.74) is 1.44. The summed E-state index contributed by atoms with van der Waals surface area (Å²) < 4.78 is 23.7. The summed E-state index contributed by atoms with van der Waals surface area (Å²) in [6, 6.07) is 5.15. The highest BCUT2D eigenvalue weighted by Crippen LogP contribution is 2.25. The van der Waals surface area contributed by atoms with E-state index in [2.05, 4.69) is 27.1 Å². The zero-order chi connectivity index (χ0) is 20.5. The third-order valence-electron chi connectivity index (χ3n) is 5.42. The van der Waals surface area contributed by atoms with Crippen molar-refractivity contribution in [1.29, 1.82) is 0 Å². The summed E-state index contributed by atoms with van der Waals surface area (Å²) in [4.78, 5) is 23.9. The van der Waals surface area contributed by atoms with Crippen molar-refractivity contribution in [1.82, 2.24) is 15.3 Å². The molecule has 2 heterocycles. The zero-order valence-corrected chi connectivity index (χ0v) is 17.7. The number of hydrogen-bond donors (Lipinski definition) is 1. The highest BCUT2D eigenvalue weighted by Gasteiger charge is 2.27. The minimum absolute atomic E-state index is 0.0173. The second-order valence-corrected chi connectivity index (χ2v) is 9.66. The zero-order valence-electron chi connectivity index (χ0n) is 16.9. The molecule has 0 radical (unpaired) electrons. The van der Waals surface area contributed by atoms with Crippen LogP contribution in [-0.2, 0) is 14.6 Å². The standard InChI is InChI=1S/C20H28N4O3S/c1-5-13(2)21-19(25)15-8-10-24(11-9-15)20-22-14(3)17-7-6-16(28(4,26)27)12-18(17)23-20/h6-7,12-13,15H,5,8-11H2,1-4H3,(H,21,25). The van der Waals surface area contributed by atoms with Gasteiger partial charge in [0.1, 0.15) is 0 Å². The molecule has 7 nitrogen and oxygen atoms in total. The molecule has 1 fully saturated rings. The Morgan fingerprint density at radius 2 is 1.96 bits per heavy atom. The van der Waals surface area contributed by atoms with Crippen LogP contribution in [0.5, 0.6) is 0 Å². The third-order valence-corrected chi connectivity index (χ3v) is 6.54.